The van der Waals surface area contributed by atoms with Crippen molar-refractivity contribution in [2.45, 2.75) is 65.3 Å². The quantitative estimate of drug-likeness (QED) is 0.474. The zero-order valence-corrected chi connectivity index (χ0v) is 24.0. The normalized spacial score (nSPS) is 23.0. The number of hydrogen-bond donors (Lipinski definition) is 0. The van der Waals surface area contributed by atoms with Gasteiger partial charge < -0.3 is 14.5 Å². The molecule has 0 spiro atoms. The molecule has 0 saturated carbocycles. The van der Waals surface area contributed by atoms with Crippen molar-refractivity contribution in [1.29, 1.82) is 0 Å². The standard InChI is InChI=1S/C32H45N5O2/c1-4-25-20-33-32(34-21-25)36-16-14-26(15-17-36)23-39-30-12-10-28(11-13-30)27-6-8-29(9-7-27)31(38)37-19-18-35(5-2)22-24(37)3/h6,10-13,20-21,24,26,29H,4-5,7-9,14-19,22-23H2,1-3H3. The second kappa shape index (κ2) is 12.9. The Balaban J connectivity index is 1.06. The number of aryl methyl sites for hydroxylation is 1. The summed E-state index contributed by atoms with van der Waals surface area (Å²) in [6.07, 6.45) is 12.1. The zero-order valence-electron chi connectivity index (χ0n) is 24.0. The predicted octanol–water partition coefficient (Wildman–Crippen LogP) is 5.07. The number of benzene rings is 1. The van der Waals surface area contributed by atoms with Crippen molar-refractivity contribution in [3.63, 3.8) is 0 Å². The molecule has 2 fully saturated rings. The van der Waals surface area contributed by atoms with E-state index in [4.69, 9.17) is 4.74 Å². The average Bonchev–Trinajstić information content (AvgIpc) is 3.00. The number of piperazine rings is 1. The minimum atomic E-state index is 0.126. The maximum atomic E-state index is 13.2. The number of likely N-dealkylation sites (N-methyl/N-ethyl adjacent to an activating group) is 1. The summed E-state index contributed by atoms with van der Waals surface area (Å²) in [5.74, 6) is 2.81. The van der Waals surface area contributed by atoms with Gasteiger partial charge in [0.25, 0.3) is 0 Å². The lowest BCUT2D eigenvalue weighted by atomic mass is 9.85. The fraction of sp³-hybridized carbons (Fsp3) is 0.594. The van der Waals surface area contributed by atoms with Gasteiger partial charge in [-0.25, -0.2) is 9.97 Å². The smallest absolute Gasteiger partial charge is 0.226 e. The molecule has 7 heteroatoms. The Kier molecular flexibility index (Phi) is 9.17. The van der Waals surface area contributed by atoms with Crippen LogP contribution in [0.5, 0.6) is 5.75 Å². The number of piperidine rings is 1. The minimum Gasteiger partial charge on any atom is -0.493 e. The van der Waals surface area contributed by atoms with Gasteiger partial charge in [-0.3, -0.25) is 9.69 Å². The molecule has 5 rings (SSSR count). The first-order valence-corrected chi connectivity index (χ1v) is 15.0. The van der Waals surface area contributed by atoms with E-state index in [-0.39, 0.29) is 5.92 Å². The van der Waals surface area contributed by atoms with E-state index >= 15 is 0 Å². The summed E-state index contributed by atoms with van der Waals surface area (Å²) >= 11 is 0. The van der Waals surface area contributed by atoms with Crippen LogP contribution in [0.1, 0.15) is 64.0 Å². The molecule has 39 heavy (non-hydrogen) atoms. The summed E-state index contributed by atoms with van der Waals surface area (Å²) in [5.41, 5.74) is 3.79. The minimum absolute atomic E-state index is 0.126. The monoisotopic (exact) mass is 531 g/mol. The molecule has 2 aromatic rings. The third kappa shape index (κ3) is 6.81. The van der Waals surface area contributed by atoms with Gasteiger partial charge >= 0.3 is 0 Å². The predicted molar refractivity (Wildman–Crippen MR) is 157 cm³/mol. The number of carbonyl (C=O) groups excluding carboxylic acids is 1. The Morgan fingerprint density at radius 3 is 2.36 bits per heavy atom. The van der Waals surface area contributed by atoms with Gasteiger partial charge in [0.05, 0.1) is 6.61 Å². The molecule has 1 amide bonds. The highest BCUT2D eigenvalue weighted by Crippen LogP contribution is 2.33. The fourth-order valence-electron chi connectivity index (χ4n) is 6.18. The molecule has 0 radical (unpaired) electrons. The van der Waals surface area contributed by atoms with Crippen LogP contribution in [0.25, 0.3) is 5.57 Å². The van der Waals surface area contributed by atoms with Crippen molar-refractivity contribution in [3.05, 3.63) is 53.9 Å². The highest BCUT2D eigenvalue weighted by Gasteiger charge is 2.32. The van der Waals surface area contributed by atoms with E-state index in [1.807, 2.05) is 12.4 Å². The van der Waals surface area contributed by atoms with E-state index in [2.05, 4.69) is 75.8 Å². The lowest BCUT2D eigenvalue weighted by Crippen LogP contribution is -2.55. The van der Waals surface area contributed by atoms with Crippen molar-refractivity contribution < 1.29 is 9.53 Å². The summed E-state index contributed by atoms with van der Waals surface area (Å²) in [5, 5.41) is 0. The van der Waals surface area contributed by atoms with Gasteiger partial charge in [0, 0.05) is 57.1 Å². The van der Waals surface area contributed by atoms with Crippen molar-refractivity contribution in [2.24, 2.45) is 11.8 Å². The average molecular weight is 532 g/mol. The summed E-state index contributed by atoms with van der Waals surface area (Å²) in [6, 6.07) is 8.86. The number of rotatable bonds is 8. The van der Waals surface area contributed by atoms with Crippen LogP contribution in [0.2, 0.25) is 0 Å². The first-order chi connectivity index (χ1) is 19.0. The van der Waals surface area contributed by atoms with Crippen LogP contribution in [-0.2, 0) is 11.2 Å². The Labute approximate surface area is 234 Å². The highest BCUT2D eigenvalue weighted by atomic mass is 16.5. The van der Waals surface area contributed by atoms with Crippen LogP contribution in [-0.4, -0.2) is 77.6 Å². The molecule has 3 heterocycles. The molecule has 2 atom stereocenters. The Hall–Kier alpha value is -2.93. The number of allylic oxidation sites excluding steroid dienone is 2. The molecule has 7 nitrogen and oxygen atoms in total. The highest BCUT2D eigenvalue weighted by molar-refractivity contribution is 5.81. The van der Waals surface area contributed by atoms with Crippen molar-refractivity contribution >= 4 is 17.4 Å². The molecule has 2 unspecified atom stereocenters. The molecular formula is C32H45N5O2. The van der Waals surface area contributed by atoms with Crippen LogP contribution in [0.15, 0.2) is 42.7 Å². The summed E-state index contributed by atoms with van der Waals surface area (Å²) in [6.45, 7) is 13.1. The summed E-state index contributed by atoms with van der Waals surface area (Å²) in [4.78, 5) is 29.1. The summed E-state index contributed by atoms with van der Waals surface area (Å²) in [7, 11) is 0. The van der Waals surface area contributed by atoms with Crippen LogP contribution >= 0.6 is 0 Å². The SMILES string of the molecule is CCc1cnc(N2CCC(COc3ccc(C4=CCC(C(=O)N5CCN(CC)CC5C)CC4)cc3)CC2)nc1. The van der Waals surface area contributed by atoms with E-state index in [0.717, 1.165) is 96.1 Å². The molecule has 1 aliphatic carbocycles. The number of hydrogen-bond acceptors (Lipinski definition) is 6. The first kappa shape index (κ1) is 27.6. The largest absolute Gasteiger partial charge is 0.493 e. The van der Waals surface area contributed by atoms with E-state index in [0.29, 0.717) is 17.9 Å². The van der Waals surface area contributed by atoms with Gasteiger partial charge in [-0.15, -0.1) is 0 Å². The van der Waals surface area contributed by atoms with Crippen LogP contribution in [0.4, 0.5) is 5.95 Å². The van der Waals surface area contributed by atoms with Gasteiger partial charge in [0.1, 0.15) is 5.75 Å². The van der Waals surface area contributed by atoms with Gasteiger partial charge in [-0.1, -0.05) is 32.1 Å². The van der Waals surface area contributed by atoms with Gasteiger partial charge in [0.2, 0.25) is 11.9 Å². The maximum absolute atomic E-state index is 13.2. The van der Waals surface area contributed by atoms with Gasteiger partial charge in [-0.2, -0.15) is 0 Å². The number of ether oxygens (including phenoxy) is 1. The van der Waals surface area contributed by atoms with E-state index in [9.17, 15) is 4.79 Å². The Morgan fingerprint density at radius 1 is 1.00 bits per heavy atom. The third-order valence-corrected chi connectivity index (χ3v) is 8.91. The number of anilines is 1. The fourth-order valence-corrected chi connectivity index (χ4v) is 6.18. The number of carbonyl (C=O) groups is 1. The van der Waals surface area contributed by atoms with Crippen LogP contribution < -0.4 is 9.64 Å². The molecule has 2 aliphatic heterocycles. The number of amides is 1. The molecule has 1 aromatic carbocycles. The molecule has 1 aromatic heterocycles. The van der Waals surface area contributed by atoms with Crippen molar-refractivity contribution in [1.82, 2.24) is 19.8 Å². The van der Waals surface area contributed by atoms with Crippen molar-refractivity contribution in [2.75, 3.05) is 50.8 Å². The van der Waals surface area contributed by atoms with E-state index in [1.165, 1.54) is 16.7 Å². The molecular weight excluding hydrogens is 486 g/mol. The molecule has 210 valence electrons. The van der Waals surface area contributed by atoms with Crippen molar-refractivity contribution in [3.8, 4) is 5.75 Å². The second-order valence-electron chi connectivity index (χ2n) is 11.5. The van der Waals surface area contributed by atoms with Crippen LogP contribution in [0, 0.1) is 11.8 Å². The summed E-state index contributed by atoms with van der Waals surface area (Å²) < 4.78 is 6.18. The molecule has 0 N–H and O–H groups in total. The molecule has 3 aliphatic rings. The second-order valence-corrected chi connectivity index (χ2v) is 11.5. The number of aromatic nitrogens is 2. The maximum Gasteiger partial charge on any atom is 0.226 e. The lowest BCUT2D eigenvalue weighted by molar-refractivity contribution is -0.140. The zero-order chi connectivity index (χ0) is 27.2. The van der Waals surface area contributed by atoms with E-state index in [1.54, 1.807) is 0 Å². The van der Waals surface area contributed by atoms with Gasteiger partial charge in [-0.05, 0) is 86.7 Å². The Morgan fingerprint density at radius 2 is 1.74 bits per heavy atom. The first-order valence-electron chi connectivity index (χ1n) is 15.0. The topological polar surface area (TPSA) is 61.8 Å². The molecule has 0 bridgehead atoms. The molecule has 2 saturated heterocycles. The number of nitrogens with zero attached hydrogens (tertiary/aromatic N) is 5. The Bertz CT molecular complexity index is 1110. The third-order valence-electron chi connectivity index (χ3n) is 8.91. The lowest BCUT2D eigenvalue weighted by Gasteiger charge is -2.41. The van der Waals surface area contributed by atoms with E-state index < -0.39 is 0 Å². The van der Waals surface area contributed by atoms with Gasteiger partial charge in [0.15, 0.2) is 0 Å². The van der Waals surface area contributed by atoms with Crippen LogP contribution in [0.3, 0.4) is 0 Å².